The van der Waals surface area contributed by atoms with Crippen molar-refractivity contribution in [1.82, 2.24) is 30.1 Å². The fourth-order valence-electron chi connectivity index (χ4n) is 4.21. The maximum Gasteiger partial charge on any atom is 0.306 e. The second-order valence-electron chi connectivity index (χ2n) is 10.6. The van der Waals surface area contributed by atoms with Crippen LogP contribution in [-0.4, -0.2) is 52.2 Å². The van der Waals surface area contributed by atoms with Crippen LogP contribution in [0.4, 0.5) is 0 Å². The van der Waals surface area contributed by atoms with E-state index < -0.39 is 5.97 Å². The van der Waals surface area contributed by atoms with Crippen molar-refractivity contribution >= 4 is 11.8 Å². The zero-order valence-electron chi connectivity index (χ0n) is 28.5. The zero-order chi connectivity index (χ0) is 36.1. The third-order valence-corrected chi connectivity index (χ3v) is 7.30. The third kappa shape index (κ3) is 12.3. The Morgan fingerprint density at radius 1 is 0.760 bits per heavy atom. The number of rotatable bonds is 8. The average Bonchev–Trinajstić information content (AvgIpc) is 3.65. The van der Waals surface area contributed by atoms with Crippen LogP contribution in [0.1, 0.15) is 93.1 Å². The van der Waals surface area contributed by atoms with Gasteiger partial charge in [-0.05, 0) is 74.2 Å². The summed E-state index contributed by atoms with van der Waals surface area (Å²) in [5, 5.41) is 23.8. The van der Waals surface area contributed by atoms with Crippen molar-refractivity contribution in [2.75, 3.05) is 0 Å². The van der Waals surface area contributed by atoms with Crippen LogP contribution in [0.25, 0.3) is 11.5 Å². The molecule has 0 atom stereocenters. The van der Waals surface area contributed by atoms with Gasteiger partial charge in [-0.25, -0.2) is 0 Å². The van der Waals surface area contributed by atoms with E-state index in [2.05, 4.69) is 72.8 Å². The summed E-state index contributed by atoms with van der Waals surface area (Å²) in [4.78, 5) is 30.9. The molecular weight excluding hydrogens is 632 g/mol. The smallest absolute Gasteiger partial charge is 0.306 e. The van der Waals surface area contributed by atoms with Crippen LogP contribution in [0.15, 0.2) is 95.4 Å². The van der Waals surface area contributed by atoms with E-state index in [1.807, 2.05) is 50.2 Å². The van der Waals surface area contributed by atoms with Crippen molar-refractivity contribution in [3.8, 4) is 35.2 Å². The zero-order valence-corrected chi connectivity index (χ0v) is 28.5. The molecule has 5 rings (SSSR count). The van der Waals surface area contributed by atoms with Gasteiger partial charge < -0.3 is 20.6 Å². The summed E-state index contributed by atoms with van der Waals surface area (Å²) >= 11 is 0. The second kappa shape index (κ2) is 20.8. The number of carboxylic acids is 1. The van der Waals surface area contributed by atoms with Gasteiger partial charge in [0.1, 0.15) is 11.4 Å². The third-order valence-electron chi connectivity index (χ3n) is 7.30. The molecule has 12 heteroatoms. The van der Waals surface area contributed by atoms with Crippen LogP contribution in [-0.2, 0) is 4.79 Å². The van der Waals surface area contributed by atoms with Gasteiger partial charge in [0.05, 0.1) is 5.92 Å². The van der Waals surface area contributed by atoms with E-state index in [0.29, 0.717) is 29.0 Å². The molecule has 5 aromatic rings. The molecule has 5 heterocycles. The van der Waals surface area contributed by atoms with Gasteiger partial charge in [-0.3, -0.25) is 24.7 Å². The summed E-state index contributed by atoms with van der Waals surface area (Å²) in [6.45, 7) is 8.02. The molecule has 256 valence electrons. The molecule has 5 aromatic heterocycles. The lowest BCUT2D eigenvalue weighted by Gasteiger charge is -2.04. The molecule has 0 saturated carbocycles. The van der Waals surface area contributed by atoms with Crippen molar-refractivity contribution in [3.05, 3.63) is 120 Å². The molecule has 0 bridgehead atoms. The van der Waals surface area contributed by atoms with Crippen LogP contribution in [0.3, 0.4) is 0 Å². The van der Waals surface area contributed by atoms with E-state index in [0.717, 1.165) is 47.9 Å². The van der Waals surface area contributed by atoms with E-state index in [4.69, 9.17) is 20.6 Å². The molecule has 0 radical (unpaired) electrons. The van der Waals surface area contributed by atoms with Gasteiger partial charge >= 0.3 is 5.97 Å². The number of oxime groups is 1. The summed E-state index contributed by atoms with van der Waals surface area (Å²) < 4.78 is 5.36. The number of amidine groups is 1. The Labute approximate surface area is 292 Å². The maximum atomic E-state index is 10.2. The van der Waals surface area contributed by atoms with Gasteiger partial charge in [-0.15, -0.1) is 0 Å². The number of nitrogens with two attached hydrogens (primary N) is 1. The van der Waals surface area contributed by atoms with Crippen molar-refractivity contribution in [2.45, 2.75) is 59.3 Å². The highest BCUT2D eigenvalue weighted by atomic mass is 16.5. The molecule has 0 unspecified atom stereocenters. The van der Waals surface area contributed by atoms with Gasteiger partial charge in [-0.1, -0.05) is 61.7 Å². The summed E-state index contributed by atoms with van der Waals surface area (Å²) in [6, 6.07) is 14.6. The Balaban J connectivity index is 0.000000229. The molecule has 12 nitrogen and oxygen atoms in total. The monoisotopic (exact) mass is 672 g/mol. The molecule has 0 amide bonds. The number of hydrogen-bond donors (Lipinski definition) is 3. The van der Waals surface area contributed by atoms with Crippen molar-refractivity contribution in [1.29, 1.82) is 0 Å². The Morgan fingerprint density at radius 2 is 1.28 bits per heavy atom. The number of hydrogen-bond acceptors (Lipinski definition) is 10. The molecule has 0 aliphatic rings. The molecule has 0 spiro atoms. The minimum absolute atomic E-state index is 0.0244. The van der Waals surface area contributed by atoms with Crippen LogP contribution in [0.2, 0.25) is 0 Å². The quantitative estimate of drug-likeness (QED) is 0.0551. The van der Waals surface area contributed by atoms with Crippen LogP contribution >= 0.6 is 0 Å². The van der Waals surface area contributed by atoms with E-state index >= 15 is 0 Å². The number of carbonyl (C=O) groups is 1. The van der Waals surface area contributed by atoms with Gasteiger partial charge in [0.25, 0.3) is 0 Å². The van der Waals surface area contributed by atoms with Crippen LogP contribution < -0.4 is 5.73 Å². The fraction of sp³-hybridized carbons (Fsp3) is 0.263. The Hall–Kier alpha value is -6.40. The standard InChI is InChI=1S/C19H18N4O.C13H10N4O.C6H12O2/c1-3-16(4-2)19-22-18(23-24-19)17-8-7-15(13-21-17)6-5-14-9-11-20-12-10-14;14-13(17-18)12-4-3-11(9-16-12)2-1-10-5-7-15-8-6-10;1-3-5(4-2)6(7)8/h7-13,16H,3-4H2,1-2H3;3-9,18H,(H2,14,17);5H,3-4H2,1-2H3,(H,7,8). The normalized spacial score (nSPS) is 10.4. The predicted octanol–water partition coefficient (Wildman–Crippen LogP) is 6.31. The highest BCUT2D eigenvalue weighted by molar-refractivity contribution is 5.95. The lowest BCUT2D eigenvalue weighted by Crippen LogP contribution is -2.14. The second-order valence-corrected chi connectivity index (χ2v) is 10.6. The number of aromatic nitrogens is 6. The highest BCUT2D eigenvalue weighted by Crippen LogP contribution is 2.23. The van der Waals surface area contributed by atoms with Gasteiger partial charge in [0, 0.05) is 65.4 Å². The SMILES string of the molecule is CCC(CC)C(=O)O.CCC(CC)c1nc(-c2ccc(C#Cc3ccncc3)cn2)no1.N/C(=N\O)c1ccc(C#Cc2ccncc2)cn1. The maximum absolute atomic E-state index is 10.2. The summed E-state index contributed by atoms with van der Waals surface area (Å²) in [6.07, 6.45) is 13.5. The highest BCUT2D eigenvalue weighted by Gasteiger charge is 2.16. The van der Waals surface area contributed by atoms with Crippen molar-refractivity contribution < 1.29 is 19.6 Å². The largest absolute Gasteiger partial charge is 0.481 e. The molecule has 0 aromatic carbocycles. The summed E-state index contributed by atoms with van der Waals surface area (Å²) in [7, 11) is 0. The predicted molar refractivity (Wildman–Crippen MR) is 190 cm³/mol. The molecular formula is C38H40N8O4. The van der Waals surface area contributed by atoms with E-state index in [1.165, 1.54) is 0 Å². The first-order chi connectivity index (χ1) is 24.3. The molecule has 0 aliphatic heterocycles. The Bertz CT molecular complexity index is 1900. The number of aliphatic carboxylic acids is 1. The lowest BCUT2D eigenvalue weighted by molar-refractivity contribution is -0.141. The first kappa shape index (κ1) is 38.1. The summed E-state index contributed by atoms with van der Waals surface area (Å²) in [5.41, 5.74) is 9.88. The van der Waals surface area contributed by atoms with E-state index in [-0.39, 0.29) is 11.8 Å². The molecule has 0 aliphatic carbocycles. The van der Waals surface area contributed by atoms with Crippen molar-refractivity contribution in [3.63, 3.8) is 0 Å². The van der Waals surface area contributed by atoms with Gasteiger partial charge in [-0.2, -0.15) is 4.98 Å². The van der Waals surface area contributed by atoms with Gasteiger partial charge in [0.2, 0.25) is 11.7 Å². The number of nitrogens with zero attached hydrogens (tertiary/aromatic N) is 7. The first-order valence-electron chi connectivity index (χ1n) is 16.1. The number of pyridine rings is 4. The van der Waals surface area contributed by atoms with Crippen LogP contribution in [0.5, 0.6) is 0 Å². The molecule has 0 fully saturated rings. The average molecular weight is 673 g/mol. The molecule has 0 saturated heterocycles. The minimum Gasteiger partial charge on any atom is -0.481 e. The Kier molecular flexibility index (Phi) is 15.8. The fourth-order valence-corrected chi connectivity index (χ4v) is 4.21. The molecule has 50 heavy (non-hydrogen) atoms. The topological polar surface area (TPSA) is 186 Å². The van der Waals surface area contributed by atoms with Gasteiger partial charge in [0.15, 0.2) is 5.84 Å². The lowest BCUT2D eigenvalue weighted by atomic mass is 10.0. The van der Waals surface area contributed by atoms with Crippen LogP contribution in [0, 0.1) is 29.6 Å². The van der Waals surface area contributed by atoms with Crippen molar-refractivity contribution in [2.24, 2.45) is 16.8 Å². The first-order valence-corrected chi connectivity index (χ1v) is 16.1. The minimum atomic E-state index is -0.671. The Morgan fingerprint density at radius 3 is 1.68 bits per heavy atom. The van der Waals surface area contributed by atoms with E-state index in [1.54, 1.807) is 49.3 Å². The number of carboxylic acid groups (broad SMARTS) is 1. The summed E-state index contributed by atoms with van der Waals surface area (Å²) in [5.74, 6) is 12.8. The van der Waals surface area contributed by atoms with E-state index in [9.17, 15) is 4.79 Å². The molecule has 4 N–H and O–H groups in total.